The van der Waals surface area contributed by atoms with Crippen molar-refractivity contribution in [3.63, 3.8) is 0 Å². The summed E-state index contributed by atoms with van der Waals surface area (Å²) >= 11 is 0. The Morgan fingerprint density at radius 3 is 2.53 bits per heavy atom. The van der Waals surface area contributed by atoms with Crippen molar-refractivity contribution in [2.75, 3.05) is 39.8 Å². The van der Waals surface area contributed by atoms with Gasteiger partial charge in [0.2, 0.25) is 0 Å². The molecule has 0 unspecified atom stereocenters. The van der Waals surface area contributed by atoms with Crippen LogP contribution in [-0.2, 0) is 4.74 Å². The Balaban J connectivity index is 1.88. The van der Waals surface area contributed by atoms with Gasteiger partial charge in [0, 0.05) is 13.2 Å². The minimum absolute atomic E-state index is 0.515. The minimum Gasteiger partial charge on any atom is -0.378 e. The molecule has 0 aromatic rings. The summed E-state index contributed by atoms with van der Waals surface area (Å²) in [4.78, 5) is 2.43. The van der Waals surface area contributed by atoms with Gasteiger partial charge >= 0.3 is 0 Å². The SMILES string of the molecule is CCCCCN(C)CCCOC1CCNCC1. The Kier molecular flexibility index (Phi) is 8.67. The number of nitrogens with one attached hydrogen (secondary N) is 1. The van der Waals surface area contributed by atoms with Gasteiger partial charge in [0.15, 0.2) is 0 Å². The van der Waals surface area contributed by atoms with Gasteiger partial charge in [-0.15, -0.1) is 0 Å². The second-order valence-corrected chi connectivity index (χ2v) is 5.18. The normalized spacial score (nSPS) is 17.8. The average molecular weight is 242 g/mol. The molecule has 3 heteroatoms. The second kappa shape index (κ2) is 9.86. The monoisotopic (exact) mass is 242 g/mol. The maximum absolute atomic E-state index is 5.89. The zero-order valence-corrected chi connectivity index (χ0v) is 11.7. The van der Waals surface area contributed by atoms with Crippen molar-refractivity contribution >= 4 is 0 Å². The van der Waals surface area contributed by atoms with Crippen LogP contribution in [0.1, 0.15) is 45.4 Å². The highest BCUT2D eigenvalue weighted by atomic mass is 16.5. The summed E-state index contributed by atoms with van der Waals surface area (Å²) in [5, 5.41) is 3.36. The highest BCUT2D eigenvalue weighted by Crippen LogP contribution is 2.07. The van der Waals surface area contributed by atoms with E-state index in [2.05, 4.69) is 24.2 Å². The number of nitrogens with zero attached hydrogens (tertiary/aromatic N) is 1. The van der Waals surface area contributed by atoms with Crippen molar-refractivity contribution in [2.45, 2.75) is 51.6 Å². The number of unbranched alkanes of at least 4 members (excludes halogenated alkanes) is 2. The van der Waals surface area contributed by atoms with Crippen LogP contribution in [0.15, 0.2) is 0 Å². The summed E-state index contributed by atoms with van der Waals surface area (Å²) < 4.78 is 5.89. The zero-order valence-electron chi connectivity index (χ0n) is 11.7. The molecule has 17 heavy (non-hydrogen) atoms. The highest BCUT2D eigenvalue weighted by Gasteiger charge is 2.12. The summed E-state index contributed by atoms with van der Waals surface area (Å²) in [6.45, 7) is 7.86. The topological polar surface area (TPSA) is 24.5 Å². The molecule has 1 rings (SSSR count). The first-order valence-corrected chi connectivity index (χ1v) is 7.33. The smallest absolute Gasteiger partial charge is 0.0599 e. The van der Waals surface area contributed by atoms with Crippen LogP contribution in [0.3, 0.4) is 0 Å². The lowest BCUT2D eigenvalue weighted by molar-refractivity contribution is 0.0286. The number of ether oxygens (including phenoxy) is 1. The number of hydrogen-bond acceptors (Lipinski definition) is 3. The standard InChI is InChI=1S/C14H30N2O/c1-3-4-5-11-16(2)12-6-13-17-14-7-9-15-10-8-14/h14-15H,3-13H2,1-2H3. The Labute approximate surface area is 107 Å². The van der Waals surface area contributed by atoms with Crippen molar-refractivity contribution in [3.8, 4) is 0 Å². The summed E-state index contributed by atoms with van der Waals surface area (Å²) in [7, 11) is 2.22. The lowest BCUT2D eigenvalue weighted by atomic mass is 10.1. The van der Waals surface area contributed by atoms with E-state index < -0.39 is 0 Å². The van der Waals surface area contributed by atoms with Gasteiger partial charge in [-0.25, -0.2) is 0 Å². The first kappa shape index (κ1) is 14.9. The third kappa shape index (κ3) is 7.74. The Morgan fingerprint density at radius 2 is 1.82 bits per heavy atom. The maximum Gasteiger partial charge on any atom is 0.0599 e. The molecule has 0 radical (unpaired) electrons. The molecule has 0 atom stereocenters. The molecule has 1 fully saturated rings. The fraction of sp³-hybridized carbons (Fsp3) is 1.00. The van der Waals surface area contributed by atoms with E-state index in [4.69, 9.17) is 4.74 Å². The molecule has 1 saturated heterocycles. The second-order valence-electron chi connectivity index (χ2n) is 5.18. The Bertz CT molecular complexity index is 170. The third-order valence-corrected chi connectivity index (χ3v) is 3.47. The van der Waals surface area contributed by atoms with Gasteiger partial charge < -0.3 is 15.0 Å². The van der Waals surface area contributed by atoms with Crippen LogP contribution in [0.4, 0.5) is 0 Å². The van der Waals surface area contributed by atoms with Gasteiger partial charge in [0.1, 0.15) is 0 Å². The molecule has 0 aromatic carbocycles. The van der Waals surface area contributed by atoms with E-state index >= 15 is 0 Å². The van der Waals surface area contributed by atoms with Gasteiger partial charge in [-0.3, -0.25) is 0 Å². The van der Waals surface area contributed by atoms with Crippen molar-refractivity contribution < 1.29 is 4.74 Å². The third-order valence-electron chi connectivity index (χ3n) is 3.47. The van der Waals surface area contributed by atoms with Gasteiger partial charge in [0.25, 0.3) is 0 Å². The molecule has 0 bridgehead atoms. The van der Waals surface area contributed by atoms with E-state index in [9.17, 15) is 0 Å². The van der Waals surface area contributed by atoms with Crippen LogP contribution >= 0.6 is 0 Å². The number of rotatable bonds is 9. The fourth-order valence-corrected chi connectivity index (χ4v) is 2.29. The van der Waals surface area contributed by atoms with E-state index in [1.165, 1.54) is 51.6 Å². The highest BCUT2D eigenvalue weighted by molar-refractivity contribution is 4.68. The molecular weight excluding hydrogens is 212 g/mol. The first-order valence-electron chi connectivity index (χ1n) is 7.33. The molecule has 1 aliphatic heterocycles. The molecule has 0 spiro atoms. The maximum atomic E-state index is 5.89. The largest absolute Gasteiger partial charge is 0.378 e. The number of piperidine rings is 1. The first-order chi connectivity index (χ1) is 8.33. The molecule has 1 aliphatic rings. The van der Waals surface area contributed by atoms with Crippen LogP contribution in [0.2, 0.25) is 0 Å². The van der Waals surface area contributed by atoms with E-state index in [1.807, 2.05) is 0 Å². The summed E-state index contributed by atoms with van der Waals surface area (Å²) in [6, 6.07) is 0. The molecule has 0 aliphatic carbocycles. The Morgan fingerprint density at radius 1 is 1.12 bits per heavy atom. The molecule has 102 valence electrons. The molecule has 1 heterocycles. The summed E-state index contributed by atoms with van der Waals surface area (Å²) in [5.74, 6) is 0. The predicted octanol–water partition coefficient (Wildman–Crippen LogP) is 2.27. The fourth-order valence-electron chi connectivity index (χ4n) is 2.29. The summed E-state index contributed by atoms with van der Waals surface area (Å²) in [5.41, 5.74) is 0. The lowest BCUT2D eigenvalue weighted by Crippen LogP contribution is -2.33. The Hall–Kier alpha value is -0.120. The van der Waals surface area contributed by atoms with Crippen LogP contribution in [-0.4, -0.2) is 50.8 Å². The van der Waals surface area contributed by atoms with Crippen molar-refractivity contribution in [1.82, 2.24) is 10.2 Å². The minimum atomic E-state index is 0.515. The van der Waals surface area contributed by atoms with Gasteiger partial charge in [-0.05, 0) is 52.4 Å². The average Bonchev–Trinajstić information content (AvgIpc) is 2.36. The molecule has 3 nitrogen and oxygen atoms in total. The van der Waals surface area contributed by atoms with E-state index in [0.29, 0.717) is 6.10 Å². The number of hydrogen-bond donors (Lipinski definition) is 1. The summed E-state index contributed by atoms with van der Waals surface area (Å²) in [6.07, 6.45) is 8.07. The van der Waals surface area contributed by atoms with Crippen molar-refractivity contribution in [1.29, 1.82) is 0 Å². The van der Waals surface area contributed by atoms with Crippen LogP contribution in [0, 0.1) is 0 Å². The van der Waals surface area contributed by atoms with Crippen LogP contribution < -0.4 is 5.32 Å². The van der Waals surface area contributed by atoms with E-state index in [-0.39, 0.29) is 0 Å². The van der Waals surface area contributed by atoms with Crippen LogP contribution in [0.5, 0.6) is 0 Å². The quantitative estimate of drug-likeness (QED) is 0.628. The van der Waals surface area contributed by atoms with Gasteiger partial charge in [-0.1, -0.05) is 19.8 Å². The molecule has 0 saturated carbocycles. The zero-order chi connectivity index (χ0) is 12.3. The predicted molar refractivity (Wildman–Crippen MR) is 73.5 cm³/mol. The van der Waals surface area contributed by atoms with Gasteiger partial charge in [-0.2, -0.15) is 0 Å². The van der Waals surface area contributed by atoms with Gasteiger partial charge in [0.05, 0.1) is 6.10 Å². The molecule has 0 amide bonds. The van der Waals surface area contributed by atoms with E-state index in [1.54, 1.807) is 0 Å². The lowest BCUT2D eigenvalue weighted by Gasteiger charge is -2.23. The molecule has 0 aromatic heterocycles. The molecule has 1 N–H and O–H groups in total. The van der Waals surface area contributed by atoms with Crippen molar-refractivity contribution in [3.05, 3.63) is 0 Å². The van der Waals surface area contributed by atoms with Crippen LogP contribution in [0.25, 0.3) is 0 Å². The van der Waals surface area contributed by atoms with Crippen molar-refractivity contribution in [2.24, 2.45) is 0 Å². The van der Waals surface area contributed by atoms with E-state index in [0.717, 1.165) is 19.7 Å². The molecular formula is C14H30N2O.